The zero-order chi connectivity index (χ0) is 16.4. The maximum Gasteiger partial charge on any atom is 1.00 e. The molecule has 24 heavy (non-hydrogen) atoms. The van der Waals surface area contributed by atoms with Crippen LogP contribution in [0.2, 0.25) is 0 Å². The second-order valence-electron chi connectivity index (χ2n) is 4.86. The Morgan fingerprint density at radius 1 is 0.792 bits per heavy atom. The Morgan fingerprint density at radius 3 is 2.00 bits per heavy atom. The number of azo groups is 1. The molecule has 8 heteroatoms. The van der Waals surface area contributed by atoms with Crippen molar-refractivity contribution in [1.82, 2.24) is 0 Å². The summed E-state index contributed by atoms with van der Waals surface area (Å²) in [5, 5.41) is 20.6. The molecule has 0 atom stereocenters. The minimum atomic E-state index is -4.22. The third-order valence-electron chi connectivity index (χ3n) is 3.21. The van der Waals surface area contributed by atoms with Crippen LogP contribution in [0.25, 0.3) is 10.8 Å². The molecule has 0 aliphatic carbocycles. The standard InChI is InChI=1S/C16H12N2O4S.Na/c19-15-6-4-13(5-7-15)17-18-14-3-1-12-10-16(23(20,21)22)8-2-11(12)9-14;/h1-10,19H,(H,20,21,22);/q;+1/p-1. The molecule has 3 aromatic carbocycles. The van der Waals surface area contributed by atoms with E-state index in [-0.39, 0.29) is 40.2 Å². The first-order valence-corrected chi connectivity index (χ1v) is 8.06. The monoisotopic (exact) mass is 350 g/mol. The van der Waals surface area contributed by atoms with Crippen molar-refractivity contribution in [3.8, 4) is 5.75 Å². The molecule has 0 unspecified atom stereocenters. The number of nitrogens with zero attached hydrogens (tertiary/aromatic N) is 2. The number of hydrogen-bond donors (Lipinski definition) is 1. The molecule has 0 saturated heterocycles. The zero-order valence-electron chi connectivity index (χ0n) is 12.7. The SMILES string of the molecule is O=S(=O)(O)c1ccc2cc(N=Nc3ccc([O-])cc3)ccc2c1.[Na+]. The molecule has 0 aliphatic rings. The predicted molar refractivity (Wildman–Crippen MR) is 83.8 cm³/mol. The van der Waals surface area contributed by atoms with Gasteiger partial charge in [0.15, 0.2) is 0 Å². The predicted octanol–water partition coefficient (Wildman–Crippen LogP) is 0.579. The van der Waals surface area contributed by atoms with Crippen LogP contribution >= 0.6 is 0 Å². The average Bonchev–Trinajstić information content (AvgIpc) is 2.53. The normalized spacial score (nSPS) is 11.5. The van der Waals surface area contributed by atoms with Gasteiger partial charge in [-0.3, -0.25) is 4.55 Å². The Balaban J connectivity index is 0.00000208. The third-order valence-corrected chi connectivity index (χ3v) is 4.06. The fourth-order valence-electron chi connectivity index (χ4n) is 2.06. The second kappa shape index (κ2) is 7.42. The Hall–Kier alpha value is -1.77. The van der Waals surface area contributed by atoms with Gasteiger partial charge in [0.1, 0.15) is 0 Å². The maximum absolute atomic E-state index is 11.1. The summed E-state index contributed by atoms with van der Waals surface area (Å²) in [5.74, 6) is -0.0932. The van der Waals surface area contributed by atoms with Crippen molar-refractivity contribution in [2.45, 2.75) is 4.90 Å². The van der Waals surface area contributed by atoms with Crippen molar-refractivity contribution in [3.05, 3.63) is 60.7 Å². The molecule has 0 fully saturated rings. The average molecular weight is 350 g/mol. The van der Waals surface area contributed by atoms with Crippen LogP contribution < -0.4 is 34.7 Å². The molecule has 0 amide bonds. The van der Waals surface area contributed by atoms with E-state index in [1.165, 1.54) is 24.3 Å². The topological polar surface area (TPSA) is 102 Å². The minimum Gasteiger partial charge on any atom is -0.872 e. The van der Waals surface area contributed by atoms with Gasteiger partial charge in [-0.25, -0.2) is 0 Å². The zero-order valence-corrected chi connectivity index (χ0v) is 15.6. The summed E-state index contributed by atoms with van der Waals surface area (Å²) >= 11 is 0. The minimum absolute atomic E-state index is 0. The first-order chi connectivity index (χ1) is 10.9. The van der Waals surface area contributed by atoms with Crippen LogP contribution in [-0.2, 0) is 10.1 Å². The van der Waals surface area contributed by atoms with Gasteiger partial charge >= 0.3 is 29.6 Å². The van der Waals surface area contributed by atoms with Gasteiger partial charge in [-0.1, -0.05) is 24.3 Å². The van der Waals surface area contributed by atoms with E-state index in [9.17, 15) is 13.5 Å². The first kappa shape index (κ1) is 18.6. The molecule has 1 N–H and O–H groups in total. The maximum atomic E-state index is 11.1. The largest absolute Gasteiger partial charge is 1.00 e. The second-order valence-corrected chi connectivity index (χ2v) is 6.28. The molecule has 0 bridgehead atoms. The number of benzene rings is 3. The van der Waals surface area contributed by atoms with Gasteiger partial charge in [0.25, 0.3) is 10.1 Å². The van der Waals surface area contributed by atoms with Crippen LogP contribution in [0.5, 0.6) is 5.75 Å². The van der Waals surface area contributed by atoms with Crippen LogP contribution in [0.4, 0.5) is 11.4 Å². The molecule has 0 heterocycles. The van der Waals surface area contributed by atoms with Crippen LogP contribution in [0, 0.1) is 0 Å². The first-order valence-electron chi connectivity index (χ1n) is 6.62. The van der Waals surface area contributed by atoms with Crippen molar-refractivity contribution >= 4 is 32.3 Å². The van der Waals surface area contributed by atoms with Gasteiger partial charge < -0.3 is 5.11 Å². The molecule has 6 nitrogen and oxygen atoms in total. The summed E-state index contributed by atoms with van der Waals surface area (Å²) in [6.07, 6.45) is 0. The van der Waals surface area contributed by atoms with E-state index in [0.717, 1.165) is 5.39 Å². The van der Waals surface area contributed by atoms with Crippen molar-refractivity contribution in [1.29, 1.82) is 0 Å². The van der Waals surface area contributed by atoms with Crippen LogP contribution in [0.3, 0.4) is 0 Å². The summed E-state index contributed by atoms with van der Waals surface area (Å²) in [4.78, 5) is -0.155. The van der Waals surface area contributed by atoms with Gasteiger partial charge in [0.2, 0.25) is 0 Å². The molecular formula is C16H11N2NaO4S. The third kappa shape index (κ3) is 4.40. The molecule has 3 aromatic rings. The van der Waals surface area contributed by atoms with Crippen molar-refractivity contribution in [3.63, 3.8) is 0 Å². The molecule has 0 aliphatic heterocycles. The van der Waals surface area contributed by atoms with Crippen molar-refractivity contribution in [2.24, 2.45) is 10.2 Å². The summed E-state index contributed by atoms with van der Waals surface area (Å²) in [6.45, 7) is 0. The summed E-state index contributed by atoms with van der Waals surface area (Å²) < 4.78 is 31.3. The van der Waals surface area contributed by atoms with E-state index in [1.54, 1.807) is 36.4 Å². The fourth-order valence-corrected chi connectivity index (χ4v) is 2.58. The number of rotatable bonds is 3. The Morgan fingerprint density at radius 2 is 1.33 bits per heavy atom. The van der Waals surface area contributed by atoms with Gasteiger partial charge in [0, 0.05) is 0 Å². The van der Waals surface area contributed by atoms with E-state index >= 15 is 0 Å². The molecule has 0 radical (unpaired) electrons. The molecule has 0 aromatic heterocycles. The number of fused-ring (bicyclic) bond motifs is 1. The Labute approximate surface area is 160 Å². The van der Waals surface area contributed by atoms with Gasteiger partial charge in [-0.15, -0.1) is 5.75 Å². The Bertz CT molecular complexity index is 1000. The van der Waals surface area contributed by atoms with E-state index < -0.39 is 10.1 Å². The van der Waals surface area contributed by atoms with Crippen molar-refractivity contribution < 1.29 is 47.6 Å². The summed E-state index contributed by atoms with van der Waals surface area (Å²) in [7, 11) is -4.22. The summed E-state index contributed by atoms with van der Waals surface area (Å²) in [5.41, 5.74) is 1.15. The quantitative estimate of drug-likeness (QED) is 0.424. The Kier molecular flexibility index (Phi) is 5.74. The van der Waals surface area contributed by atoms with Crippen molar-refractivity contribution in [2.75, 3.05) is 0 Å². The van der Waals surface area contributed by atoms with E-state index in [0.29, 0.717) is 16.8 Å². The van der Waals surface area contributed by atoms with E-state index in [2.05, 4.69) is 10.2 Å². The molecule has 0 spiro atoms. The molecule has 116 valence electrons. The van der Waals surface area contributed by atoms with E-state index in [4.69, 9.17) is 4.55 Å². The van der Waals surface area contributed by atoms with Crippen LogP contribution in [0.1, 0.15) is 0 Å². The smallest absolute Gasteiger partial charge is 0.872 e. The van der Waals surface area contributed by atoms with E-state index in [1.807, 2.05) is 0 Å². The van der Waals surface area contributed by atoms with Crippen LogP contribution in [-0.4, -0.2) is 13.0 Å². The number of hydrogen-bond acceptors (Lipinski definition) is 5. The molecule has 0 saturated carbocycles. The summed E-state index contributed by atoms with van der Waals surface area (Å²) in [6, 6.07) is 15.4. The van der Waals surface area contributed by atoms with Gasteiger partial charge in [-0.2, -0.15) is 18.6 Å². The van der Waals surface area contributed by atoms with Gasteiger partial charge in [-0.05, 0) is 47.2 Å². The van der Waals surface area contributed by atoms with Gasteiger partial charge in [0.05, 0.1) is 16.3 Å². The molecule has 3 rings (SSSR count). The molecular weight excluding hydrogens is 339 g/mol. The van der Waals surface area contributed by atoms with Crippen LogP contribution in [0.15, 0.2) is 75.8 Å². The fraction of sp³-hybridized carbons (Fsp3) is 0.